The summed E-state index contributed by atoms with van der Waals surface area (Å²) in [5.41, 5.74) is 0. The van der Waals surface area contributed by atoms with Crippen LogP contribution in [0.5, 0.6) is 0 Å². The van der Waals surface area contributed by atoms with Gasteiger partial charge in [-0.25, -0.2) is 4.79 Å². The highest BCUT2D eigenvalue weighted by Gasteiger charge is 2.29. The third-order valence-electron chi connectivity index (χ3n) is 3.65. The largest absolute Gasteiger partial charge is 0.481 e. The fraction of sp³-hybridized carbons (Fsp3) is 0.846. The smallest absolute Gasteiger partial charge is 0.317 e. The molecule has 2 rings (SSSR count). The van der Waals surface area contributed by atoms with Gasteiger partial charge in [0.05, 0.1) is 18.6 Å². The number of ether oxygens (including phenoxy) is 1. The first-order chi connectivity index (χ1) is 9.66. The van der Waals surface area contributed by atoms with Crippen molar-refractivity contribution in [3.63, 3.8) is 0 Å². The Kier molecular flexibility index (Phi) is 5.97. The van der Waals surface area contributed by atoms with Crippen molar-refractivity contribution in [3.05, 3.63) is 0 Å². The normalized spacial score (nSPS) is 27.1. The molecule has 0 spiro atoms. The monoisotopic (exact) mass is 302 g/mol. The first-order valence-electron chi connectivity index (χ1n) is 7.12. The van der Waals surface area contributed by atoms with Crippen molar-refractivity contribution in [1.82, 2.24) is 10.2 Å². The number of hydrogen-bond acceptors (Lipinski definition) is 4. The summed E-state index contributed by atoms with van der Waals surface area (Å²) >= 11 is 1.70. The van der Waals surface area contributed by atoms with Gasteiger partial charge in [-0.1, -0.05) is 0 Å². The first kappa shape index (κ1) is 15.4. The SMILES string of the molecule is O=C(O)CC1CSCCN1C(=O)NCC1CCCCO1. The van der Waals surface area contributed by atoms with Crippen LogP contribution in [0.15, 0.2) is 0 Å². The van der Waals surface area contributed by atoms with Crippen LogP contribution in [0.3, 0.4) is 0 Å². The Balaban J connectivity index is 1.80. The maximum absolute atomic E-state index is 12.2. The molecule has 2 amide bonds. The number of hydrogen-bond donors (Lipinski definition) is 2. The number of carbonyl (C=O) groups excluding carboxylic acids is 1. The van der Waals surface area contributed by atoms with Crippen LogP contribution in [0.25, 0.3) is 0 Å². The van der Waals surface area contributed by atoms with Gasteiger partial charge < -0.3 is 20.1 Å². The van der Waals surface area contributed by atoms with E-state index in [0.29, 0.717) is 18.8 Å². The number of carboxylic acids is 1. The minimum atomic E-state index is -0.856. The van der Waals surface area contributed by atoms with Crippen LogP contribution in [-0.2, 0) is 9.53 Å². The van der Waals surface area contributed by atoms with Gasteiger partial charge in [0.2, 0.25) is 0 Å². The van der Waals surface area contributed by atoms with Gasteiger partial charge >= 0.3 is 12.0 Å². The fourth-order valence-corrected chi connectivity index (χ4v) is 3.63. The summed E-state index contributed by atoms with van der Waals surface area (Å²) in [4.78, 5) is 24.7. The Morgan fingerprint density at radius 2 is 2.25 bits per heavy atom. The number of urea groups is 1. The molecule has 2 N–H and O–H groups in total. The lowest BCUT2D eigenvalue weighted by Gasteiger charge is -2.35. The Hall–Kier alpha value is -0.950. The molecular formula is C13H22N2O4S. The number of nitrogens with zero attached hydrogens (tertiary/aromatic N) is 1. The lowest BCUT2D eigenvalue weighted by Crippen LogP contribution is -2.52. The molecule has 0 aromatic heterocycles. The summed E-state index contributed by atoms with van der Waals surface area (Å²) in [5, 5.41) is 11.8. The number of aliphatic carboxylic acids is 1. The molecule has 2 saturated heterocycles. The lowest BCUT2D eigenvalue weighted by atomic mass is 10.1. The molecule has 2 unspecified atom stereocenters. The van der Waals surface area contributed by atoms with Gasteiger partial charge in [-0.2, -0.15) is 11.8 Å². The highest BCUT2D eigenvalue weighted by Crippen LogP contribution is 2.19. The summed E-state index contributed by atoms with van der Waals surface area (Å²) in [6.45, 7) is 1.89. The Morgan fingerprint density at radius 1 is 1.40 bits per heavy atom. The topological polar surface area (TPSA) is 78.9 Å². The van der Waals surface area contributed by atoms with E-state index in [1.807, 2.05) is 0 Å². The molecule has 114 valence electrons. The quantitative estimate of drug-likeness (QED) is 0.814. The van der Waals surface area contributed by atoms with Gasteiger partial charge in [-0.15, -0.1) is 0 Å². The van der Waals surface area contributed by atoms with E-state index >= 15 is 0 Å². The molecule has 0 bridgehead atoms. The standard InChI is InChI=1S/C13H22N2O4S/c16-12(17)7-10-9-20-6-4-15(10)13(18)14-8-11-3-1-2-5-19-11/h10-11H,1-9H2,(H,14,18)(H,16,17). The Morgan fingerprint density at radius 3 is 2.95 bits per heavy atom. The third-order valence-corrected chi connectivity index (χ3v) is 4.75. The number of carbonyl (C=O) groups is 2. The zero-order valence-corrected chi connectivity index (χ0v) is 12.4. The molecule has 0 aromatic carbocycles. The third kappa shape index (κ3) is 4.56. The predicted molar refractivity (Wildman–Crippen MR) is 77.1 cm³/mol. The summed E-state index contributed by atoms with van der Waals surface area (Å²) in [6, 6.07) is -0.371. The minimum absolute atomic E-state index is 0.0142. The summed E-state index contributed by atoms with van der Waals surface area (Å²) in [6.07, 6.45) is 3.33. The molecular weight excluding hydrogens is 280 g/mol. The maximum Gasteiger partial charge on any atom is 0.317 e. The molecule has 0 radical (unpaired) electrons. The molecule has 0 saturated carbocycles. The number of thioether (sulfide) groups is 1. The predicted octanol–water partition coefficient (Wildman–Crippen LogP) is 1.16. The van der Waals surface area contributed by atoms with E-state index in [-0.39, 0.29) is 24.6 Å². The second-order valence-electron chi connectivity index (χ2n) is 5.19. The van der Waals surface area contributed by atoms with Crippen LogP contribution < -0.4 is 5.32 Å². The molecule has 2 aliphatic heterocycles. The van der Waals surface area contributed by atoms with Gasteiger partial charge in [-0.05, 0) is 19.3 Å². The summed E-state index contributed by atoms with van der Waals surface area (Å²) in [7, 11) is 0. The first-order valence-corrected chi connectivity index (χ1v) is 8.28. The number of rotatable bonds is 4. The Bertz CT molecular complexity index is 347. The van der Waals surface area contributed by atoms with Gasteiger partial charge in [0.1, 0.15) is 0 Å². The van der Waals surface area contributed by atoms with Crippen LogP contribution in [0.4, 0.5) is 4.79 Å². The van der Waals surface area contributed by atoms with E-state index in [2.05, 4.69) is 5.32 Å². The van der Waals surface area contributed by atoms with Crippen LogP contribution in [0, 0.1) is 0 Å². The number of amides is 2. The summed E-state index contributed by atoms with van der Waals surface area (Å²) < 4.78 is 5.58. The zero-order chi connectivity index (χ0) is 14.4. The highest BCUT2D eigenvalue weighted by atomic mass is 32.2. The van der Waals surface area contributed by atoms with E-state index in [4.69, 9.17) is 9.84 Å². The fourth-order valence-electron chi connectivity index (χ4n) is 2.56. The number of carboxylic acid groups (broad SMARTS) is 1. The number of nitrogens with one attached hydrogen (secondary N) is 1. The van der Waals surface area contributed by atoms with E-state index in [1.165, 1.54) is 0 Å². The molecule has 2 fully saturated rings. The Labute approximate surface area is 123 Å². The van der Waals surface area contributed by atoms with Gasteiger partial charge in [0.25, 0.3) is 0 Å². The molecule has 20 heavy (non-hydrogen) atoms. The lowest BCUT2D eigenvalue weighted by molar-refractivity contribution is -0.138. The van der Waals surface area contributed by atoms with Gasteiger partial charge in [0, 0.05) is 31.2 Å². The molecule has 0 aromatic rings. The maximum atomic E-state index is 12.2. The van der Waals surface area contributed by atoms with Crippen LogP contribution in [-0.4, -0.2) is 65.4 Å². The molecule has 7 heteroatoms. The van der Waals surface area contributed by atoms with Crippen molar-refractivity contribution in [3.8, 4) is 0 Å². The van der Waals surface area contributed by atoms with E-state index < -0.39 is 5.97 Å². The highest BCUT2D eigenvalue weighted by molar-refractivity contribution is 7.99. The molecule has 2 aliphatic rings. The van der Waals surface area contributed by atoms with E-state index in [0.717, 1.165) is 31.6 Å². The van der Waals surface area contributed by atoms with Crippen molar-refractivity contribution in [2.24, 2.45) is 0 Å². The van der Waals surface area contributed by atoms with Gasteiger partial charge in [0.15, 0.2) is 0 Å². The molecule has 2 atom stereocenters. The molecule has 2 heterocycles. The molecule has 6 nitrogen and oxygen atoms in total. The van der Waals surface area contributed by atoms with Crippen molar-refractivity contribution in [2.45, 2.75) is 37.8 Å². The second kappa shape index (κ2) is 7.73. The van der Waals surface area contributed by atoms with Crippen molar-refractivity contribution >= 4 is 23.8 Å². The average Bonchev–Trinajstić information content (AvgIpc) is 2.46. The van der Waals surface area contributed by atoms with Crippen molar-refractivity contribution in [2.75, 3.05) is 31.2 Å². The van der Waals surface area contributed by atoms with Crippen LogP contribution in [0.1, 0.15) is 25.7 Å². The molecule has 0 aliphatic carbocycles. The van der Waals surface area contributed by atoms with E-state index in [1.54, 1.807) is 16.7 Å². The average molecular weight is 302 g/mol. The minimum Gasteiger partial charge on any atom is -0.481 e. The second-order valence-corrected chi connectivity index (χ2v) is 6.34. The van der Waals surface area contributed by atoms with Crippen LogP contribution >= 0.6 is 11.8 Å². The summed E-state index contributed by atoms with van der Waals surface area (Å²) in [5.74, 6) is 0.703. The van der Waals surface area contributed by atoms with Crippen LogP contribution in [0.2, 0.25) is 0 Å². The zero-order valence-electron chi connectivity index (χ0n) is 11.5. The van der Waals surface area contributed by atoms with Gasteiger partial charge in [-0.3, -0.25) is 4.79 Å². The van der Waals surface area contributed by atoms with Crippen molar-refractivity contribution < 1.29 is 19.4 Å². The van der Waals surface area contributed by atoms with Crippen molar-refractivity contribution in [1.29, 1.82) is 0 Å². The van der Waals surface area contributed by atoms with E-state index in [9.17, 15) is 9.59 Å².